The van der Waals surface area contributed by atoms with Crippen LogP contribution in [0.3, 0.4) is 0 Å². The molecule has 0 unspecified atom stereocenters. The fourth-order valence-electron chi connectivity index (χ4n) is 4.70. The second kappa shape index (κ2) is 10.5. The Balaban J connectivity index is 1.57. The Morgan fingerprint density at radius 2 is 1.84 bits per heavy atom. The molecule has 1 saturated carbocycles. The summed E-state index contributed by atoms with van der Waals surface area (Å²) in [7, 11) is 0. The van der Waals surface area contributed by atoms with Crippen LogP contribution in [0.4, 0.5) is 10.1 Å². The minimum absolute atomic E-state index is 0.0348. The fraction of sp³-hybridized carbons (Fsp3) is 0.448. The number of anilines is 1. The van der Waals surface area contributed by atoms with E-state index in [0.717, 1.165) is 25.7 Å². The molecule has 3 aromatic rings. The van der Waals surface area contributed by atoms with Gasteiger partial charge in [0.1, 0.15) is 5.82 Å². The van der Waals surface area contributed by atoms with Crippen molar-refractivity contribution in [2.24, 2.45) is 10.8 Å². The summed E-state index contributed by atoms with van der Waals surface area (Å²) in [6.07, 6.45) is 5.46. The number of halogens is 2. The molecule has 1 aromatic heterocycles. The number of hydrogen-bond acceptors (Lipinski definition) is 4. The lowest BCUT2D eigenvalue weighted by molar-refractivity contribution is -0.128. The predicted octanol–water partition coefficient (Wildman–Crippen LogP) is 6.24. The molecule has 9 heteroatoms. The number of carbonyl (C=O) groups excluding carboxylic acids is 2. The average Bonchev–Trinajstić information content (AvgIpc) is 2.84. The molecule has 0 bridgehead atoms. The van der Waals surface area contributed by atoms with Crippen LogP contribution in [0.2, 0.25) is 5.02 Å². The van der Waals surface area contributed by atoms with Crippen molar-refractivity contribution in [1.29, 1.82) is 0 Å². The first-order chi connectivity index (χ1) is 17.8. The highest BCUT2D eigenvalue weighted by Crippen LogP contribution is 2.39. The highest BCUT2D eigenvalue weighted by Gasteiger charge is 2.29. The van der Waals surface area contributed by atoms with Crippen molar-refractivity contribution in [3.63, 3.8) is 0 Å². The van der Waals surface area contributed by atoms with Gasteiger partial charge in [0.2, 0.25) is 5.91 Å². The van der Waals surface area contributed by atoms with E-state index in [1.807, 2.05) is 0 Å². The Labute approximate surface area is 226 Å². The van der Waals surface area contributed by atoms with Crippen LogP contribution >= 0.6 is 11.6 Å². The number of amides is 2. The minimum atomic E-state index is -0.809. The van der Waals surface area contributed by atoms with E-state index in [-0.39, 0.29) is 45.6 Å². The van der Waals surface area contributed by atoms with Crippen LogP contribution in [0.25, 0.3) is 10.8 Å². The molecule has 1 heterocycles. The van der Waals surface area contributed by atoms with Crippen molar-refractivity contribution in [1.82, 2.24) is 15.1 Å². The molecule has 2 aromatic carbocycles. The van der Waals surface area contributed by atoms with E-state index in [1.165, 1.54) is 12.1 Å². The van der Waals surface area contributed by atoms with E-state index < -0.39 is 17.1 Å². The maximum Gasteiger partial charge on any atom is 0.274 e. The molecule has 2 N–H and O–H groups in total. The number of nitrogens with zero attached hydrogens (tertiary/aromatic N) is 2. The van der Waals surface area contributed by atoms with Gasteiger partial charge in [-0.3, -0.25) is 14.4 Å². The van der Waals surface area contributed by atoms with Crippen LogP contribution in [-0.2, 0) is 11.3 Å². The molecule has 1 fully saturated rings. The SMILES string of the molecule is CC1(C)CCC(n2ncc3ccc(NC(=O)c4c(Cl)ccc(CNC(=O)C(C)(C)C)c4F)cc3c2=O)CC1. The van der Waals surface area contributed by atoms with E-state index in [1.54, 1.807) is 49.8 Å². The third-order valence-electron chi connectivity index (χ3n) is 7.24. The molecule has 1 aliphatic rings. The molecule has 7 nitrogen and oxygen atoms in total. The number of benzene rings is 2. The first kappa shape index (κ1) is 27.8. The Bertz CT molecular complexity index is 1450. The highest BCUT2D eigenvalue weighted by molar-refractivity contribution is 6.34. The Morgan fingerprint density at radius 3 is 2.50 bits per heavy atom. The van der Waals surface area contributed by atoms with Gasteiger partial charge in [-0.05, 0) is 49.3 Å². The molecular formula is C29H34ClFN4O3. The van der Waals surface area contributed by atoms with E-state index in [2.05, 4.69) is 29.6 Å². The molecule has 38 heavy (non-hydrogen) atoms. The molecule has 0 spiro atoms. The zero-order valence-corrected chi connectivity index (χ0v) is 23.2. The fourth-order valence-corrected chi connectivity index (χ4v) is 4.93. The quantitative estimate of drug-likeness (QED) is 0.400. The lowest BCUT2D eigenvalue weighted by Gasteiger charge is -2.34. The molecule has 0 atom stereocenters. The smallest absolute Gasteiger partial charge is 0.274 e. The van der Waals surface area contributed by atoms with Crippen molar-refractivity contribution in [3.05, 3.63) is 68.8 Å². The monoisotopic (exact) mass is 540 g/mol. The number of aromatic nitrogens is 2. The van der Waals surface area contributed by atoms with Crippen molar-refractivity contribution < 1.29 is 14.0 Å². The molecule has 1 aliphatic carbocycles. The largest absolute Gasteiger partial charge is 0.351 e. The number of carbonyl (C=O) groups is 2. The second-order valence-electron chi connectivity index (χ2n) is 11.9. The molecule has 0 aliphatic heterocycles. The van der Waals surface area contributed by atoms with Crippen LogP contribution in [0.5, 0.6) is 0 Å². The zero-order chi connectivity index (χ0) is 27.8. The van der Waals surface area contributed by atoms with Crippen LogP contribution in [-0.4, -0.2) is 21.6 Å². The summed E-state index contributed by atoms with van der Waals surface area (Å²) in [5, 5.41) is 10.8. The van der Waals surface area contributed by atoms with E-state index in [0.29, 0.717) is 16.5 Å². The van der Waals surface area contributed by atoms with Gasteiger partial charge in [-0.25, -0.2) is 9.07 Å². The average molecular weight is 541 g/mol. The first-order valence-corrected chi connectivity index (χ1v) is 13.2. The Kier molecular flexibility index (Phi) is 7.66. The number of nitrogens with one attached hydrogen (secondary N) is 2. The minimum Gasteiger partial charge on any atom is -0.351 e. The van der Waals surface area contributed by atoms with Gasteiger partial charge < -0.3 is 10.6 Å². The van der Waals surface area contributed by atoms with Crippen LogP contribution in [0.15, 0.2) is 41.3 Å². The van der Waals surface area contributed by atoms with Crippen molar-refractivity contribution in [3.8, 4) is 0 Å². The summed E-state index contributed by atoms with van der Waals surface area (Å²) in [4.78, 5) is 38.6. The van der Waals surface area contributed by atoms with Gasteiger partial charge in [-0.15, -0.1) is 0 Å². The standard InChI is InChI=1S/C29H34ClFN4O3/c1-28(2,3)27(38)32-15-18-7-9-22(30)23(24(18)31)25(36)34-19-8-6-17-16-33-35(26(37)21(17)14-19)20-10-12-29(4,5)13-11-20/h6-9,14,16,20H,10-13,15H2,1-5H3,(H,32,38)(H,34,36). The second-order valence-corrected chi connectivity index (χ2v) is 12.3. The first-order valence-electron chi connectivity index (χ1n) is 12.8. The zero-order valence-electron chi connectivity index (χ0n) is 22.5. The van der Waals surface area contributed by atoms with Crippen molar-refractivity contribution in [2.75, 3.05) is 5.32 Å². The predicted molar refractivity (Wildman–Crippen MR) is 148 cm³/mol. The number of rotatable bonds is 5. The van der Waals surface area contributed by atoms with Crippen LogP contribution < -0.4 is 16.2 Å². The van der Waals surface area contributed by atoms with Gasteiger partial charge in [-0.2, -0.15) is 5.10 Å². The Morgan fingerprint density at radius 1 is 1.16 bits per heavy atom. The third-order valence-corrected chi connectivity index (χ3v) is 7.56. The lowest BCUT2D eigenvalue weighted by atomic mass is 9.75. The maximum absolute atomic E-state index is 15.3. The molecule has 4 rings (SSSR count). The third kappa shape index (κ3) is 5.90. The highest BCUT2D eigenvalue weighted by atomic mass is 35.5. The summed E-state index contributed by atoms with van der Waals surface area (Å²) in [5.41, 5.74) is -0.443. The summed E-state index contributed by atoms with van der Waals surface area (Å²) in [5.74, 6) is -1.80. The van der Waals surface area contributed by atoms with Crippen molar-refractivity contribution >= 4 is 39.9 Å². The van der Waals surface area contributed by atoms with E-state index in [9.17, 15) is 14.4 Å². The van der Waals surface area contributed by atoms with Gasteiger partial charge in [0.05, 0.1) is 28.2 Å². The van der Waals surface area contributed by atoms with Gasteiger partial charge in [0.15, 0.2) is 0 Å². The maximum atomic E-state index is 15.3. The summed E-state index contributed by atoms with van der Waals surface area (Å²) < 4.78 is 16.9. The van der Waals surface area contributed by atoms with E-state index in [4.69, 9.17) is 11.6 Å². The summed E-state index contributed by atoms with van der Waals surface area (Å²) >= 11 is 6.20. The van der Waals surface area contributed by atoms with Crippen molar-refractivity contribution in [2.45, 2.75) is 72.9 Å². The van der Waals surface area contributed by atoms with Gasteiger partial charge in [0.25, 0.3) is 11.5 Å². The molecule has 2 amide bonds. The Hall–Kier alpha value is -3.26. The van der Waals surface area contributed by atoms with Crippen LogP contribution in [0.1, 0.15) is 82.3 Å². The van der Waals surface area contributed by atoms with Gasteiger partial charge >= 0.3 is 0 Å². The topological polar surface area (TPSA) is 93.1 Å². The summed E-state index contributed by atoms with van der Waals surface area (Å²) in [6.45, 7) is 9.65. The molecule has 202 valence electrons. The summed E-state index contributed by atoms with van der Waals surface area (Å²) in [6, 6.07) is 7.81. The normalized spacial score (nSPS) is 15.9. The van der Waals surface area contributed by atoms with Gasteiger partial charge in [0, 0.05) is 28.6 Å². The molecular weight excluding hydrogens is 507 g/mol. The molecule has 0 saturated heterocycles. The number of fused-ring (bicyclic) bond motifs is 1. The number of hydrogen-bond donors (Lipinski definition) is 2. The van der Waals surface area contributed by atoms with Gasteiger partial charge in [-0.1, -0.05) is 58.4 Å². The lowest BCUT2D eigenvalue weighted by Crippen LogP contribution is -2.34. The molecule has 0 radical (unpaired) electrons. The van der Waals surface area contributed by atoms with Crippen LogP contribution in [0, 0.1) is 16.6 Å². The van der Waals surface area contributed by atoms with E-state index >= 15 is 4.39 Å².